The molecule has 1 fully saturated rings. The summed E-state index contributed by atoms with van der Waals surface area (Å²) in [5.74, 6) is -2.14. The first-order valence-corrected chi connectivity index (χ1v) is 9.54. The molecule has 0 aliphatic carbocycles. The molecule has 9 heteroatoms. The summed E-state index contributed by atoms with van der Waals surface area (Å²) in [6.07, 6.45) is 0. The molecule has 30 heavy (non-hydrogen) atoms. The van der Waals surface area contributed by atoms with Gasteiger partial charge in [0, 0.05) is 5.56 Å². The average molecular weight is 416 g/mol. The van der Waals surface area contributed by atoms with Gasteiger partial charge in [-0.25, -0.2) is 14.0 Å². The third-order valence-electron chi connectivity index (χ3n) is 4.55. The summed E-state index contributed by atoms with van der Waals surface area (Å²) in [5, 5.41) is 4.18. The van der Waals surface area contributed by atoms with E-state index in [2.05, 4.69) is 5.32 Å². The zero-order valence-electron chi connectivity index (χ0n) is 16.3. The molecule has 0 radical (unpaired) electrons. The van der Waals surface area contributed by atoms with Gasteiger partial charge in [0.1, 0.15) is 25.5 Å². The number of hydrogen-bond donors (Lipinski definition) is 3. The van der Waals surface area contributed by atoms with Gasteiger partial charge in [0.2, 0.25) is 0 Å². The number of imide groups is 1. The van der Waals surface area contributed by atoms with Crippen molar-refractivity contribution in [2.45, 2.75) is 6.54 Å². The van der Waals surface area contributed by atoms with Crippen molar-refractivity contribution in [1.29, 1.82) is 0 Å². The molecule has 158 valence electrons. The topological polar surface area (TPSA) is 98.2 Å². The van der Waals surface area contributed by atoms with E-state index >= 15 is 0 Å². The summed E-state index contributed by atoms with van der Waals surface area (Å²) < 4.78 is 23.7. The number of para-hydroxylation sites is 1. The maximum Gasteiger partial charge on any atom is 0.338 e. The molecule has 0 atom stereocenters. The standard InChI is InChI=1S/C21H22FN3O5/c22-17-3-1-2-4-18(17)23-21(28)24-19(26)14-30-20(27)16-7-5-15(6-8-16)13-25-9-11-29-12-10-25/h1-8H,9-14H2,(H2,23,24,26,28)/p+1. The Morgan fingerprint density at radius 3 is 2.43 bits per heavy atom. The largest absolute Gasteiger partial charge is 0.452 e. The fourth-order valence-electron chi connectivity index (χ4n) is 2.98. The van der Waals surface area contributed by atoms with Crippen molar-refractivity contribution in [3.8, 4) is 0 Å². The lowest BCUT2D eigenvalue weighted by atomic mass is 10.1. The summed E-state index contributed by atoms with van der Waals surface area (Å²) in [6.45, 7) is 3.61. The van der Waals surface area contributed by atoms with Crippen molar-refractivity contribution in [2.24, 2.45) is 0 Å². The minimum Gasteiger partial charge on any atom is -0.452 e. The molecule has 3 N–H and O–H groups in total. The van der Waals surface area contributed by atoms with Gasteiger partial charge in [0.15, 0.2) is 6.61 Å². The van der Waals surface area contributed by atoms with Crippen molar-refractivity contribution in [3.63, 3.8) is 0 Å². The highest BCUT2D eigenvalue weighted by atomic mass is 19.1. The third kappa shape index (κ3) is 6.36. The predicted molar refractivity (Wildman–Crippen MR) is 106 cm³/mol. The second-order valence-electron chi connectivity index (χ2n) is 6.79. The van der Waals surface area contributed by atoms with Crippen LogP contribution in [0.3, 0.4) is 0 Å². The second-order valence-corrected chi connectivity index (χ2v) is 6.79. The molecule has 0 bridgehead atoms. The van der Waals surface area contributed by atoms with E-state index in [1.807, 2.05) is 17.4 Å². The van der Waals surface area contributed by atoms with Gasteiger partial charge in [0.05, 0.1) is 24.5 Å². The van der Waals surface area contributed by atoms with Crippen LogP contribution in [-0.2, 0) is 20.8 Å². The number of amides is 3. The molecule has 1 saturated heterocycles. The van der Waals surface area contributed by atoms with Crippen LogP contribution < -0.4 is 15.5 Å². The highest BCUT2D eigenvalue weighted by molar-refractivity contribution is 6.02. The number of morpholine rings is 1. The van der Waals surface area contributed by atoms with E-state index in [0.29, 0.717) is 5.56 Å². The molecule has 0 unspecified atom stereocenters. The smallest absolute Gasteiger partial charge is 0.338 e. The number of ether oxygens (including phenoxy) is 2. The quantitative estimate of drug-likeness (QED) is 0.604. The molecule has 3 amide bonds. The van der Waals surface area contributed by atoms with Crippen LogP contribution in [0.15, 0.2) is 48.5 Å². The second kappa shape index (κ2) is 10.5. The minimum atomic E-state index is -0.920. The molecule has 2 aromatic carbocycles. The Morgan fingerprint density at radius 1 is 1.03 bits per heavy atom. The molecule has 1 aliphatic heterocycles. The number of quaternary nitrogens is 1. The summed E-state index contributed by atoms with van der Waals surface area (Å²) >= 11 is 0. The van der Waals surface area contributed by atoms with E-state index in [9.17, 15) is 18.8 Å². The number of urea groups is 1. The van der Waals surface area contributed by atoms with Crippen molar-refractivity contribution in [3.05, 3.63) is 65.5 Å². The number of carbonyl (C=O) groups is 3. The average Bonchev–Trinajstić information content (AvgIpc) is 2.75. The number of nitrogens with one attached hydrogen (secondary N) is 3. The predicted octanol–water partition coefficient (Wildman–Crippen LogP) is 0.746. The molecule has 1 aliphatic rings. The lowest BCUT2D eigenvalue weighted by Gasteiger charge is -2.23. The first-order valence-electron chi connectivity index (χ1n) is 9.54. The number of hydrogen-bond acceptors (Lipinski definition) is 5. The number of rotatable bonds is 6. The van der Waals surface area contributed by atoms with E-state index in [1.165, 1.54) is 29.2 Å². The Labute approximate surface area is 173 Å². The Morgan fingerprint density at radius 2 is 1.73 bits per heavy atom. The summed E-state index contributed by atoms with van der Waals surface area (Å²) in [7, 11) is 0. The van der Waals surface area contributed by atoms with Gasteiger partial charge in [-0.3, -0.25) is 10.1 Å². The Hall–Kier alpha value is -3.30. The highest BCUT2D eigenvalue weighted by Gasteiger charge is 2.16. The molecule has 0 spiro atoms. The Balaban J connectivity index is 1.42. The first-order chi connectivity index (χ1) is 14.5. The van der Waals surface area contributed by atoms with Crippen LogP contribution >= 0.6 is 0 Å². The number of benzene rings is 2. The van der Waals surface area contributed by atoms with E-state index in [1.54, 1.807) is 12.1 Å². The third-order valence-corrected chi connectivity index (χ3v) is 4.55. The molecule has 3 rings (SSSR count). The van der Waals surface area contributed by atoms with Crippen LogP contribution in [0.2, 0.25) is 0 Å². The molecule has 2 aromatic rings. The summed E-state index contributed by atoms with van der Waals surface area (Å²) in [5.41, 5.74) is 1.32. The molecule has 8 nitrogen and oxygen atoms in total. The number of halogens is 1. The van der Waals surface area contributed by atoms with E-state index in [4.69, 9.17) is 9.47 Å². The van der Waals surface area contributed by atoms with Crippen LogP contribution in [0.5, 0.6) is 0 Å². The van der Waals surface area contributed by atoms with Crippen molar-refractivity contribution >= 4 is 23.6 Å². The number of carbonyl (C=O) groups excluding carboxylic acids is 3. The van der Waals surface area contributed by atoms with Gasteiger partial charge in [-0.1, -0.05) is 24.3 Å². The normalized spacial score (nSPS) is 14.0. The summed E-state index contributed by atoms with van der Waals surface area (Å²) in [6, 6.07) is 11.6. The Bertz CT molecular complexity index is 898. The van der Waals surface area contributed by atoms with Crippen LogP contribution in [-0.4, -0.2) is 50.8 Å². The molecule has 1 heterocycles. The van der Waals surface area contributed by atoms with Gasteiger partial charge < -0.3 is 19.7 Å². The fourth-order valence-corrected chi connectivity index (χ4v) is 2.98. The Kier molecular flexibility index (Phi) is 7.47. The molecule has 0 aromatic heterocycles. The van der Waals surface area contributed by atoms with Gasteiger partial charge in [-0.2, -0.15) is 0 Å². The minimum absolute atomic E-state index is 0.0706. The van der Waals surface area contributed by atoms with Crippen molar-refractivity contribution in [2.75, 3.05) is 38.2 Å². The van der Waals surface area contributed by atoms with Gasteiger partial charge >= 0.3 is 12.0 Å². The van der Waals surface area contributed by atoms with E-state index < -0.39 is 30.3 Å². The molecular formula is C21H23FN3O5+. The van der Waals surface area contributed by atoms with Gasteiger partial charge in [-0.15, -0.1) is 0 Å². The van der Waals surface area contributed by atoms with Crippen LogP contribution in [0.25, 0.3) is 0 Å². The zero-order valence-corrected chi connectivity index (χ0v) is 16.3. The van der Waals surface area contributed by atoms with E-state index in [-0.39, 0.29) is 5.69 Å². The van der Waals surface area contributed by atoms with Crippen LogP contribution in [0.1, 0.15) is 15.9 Å². The monoisotopic (exact) mass is 416 g/mol. The maximum atomic E-state index is 13.5. The number of esters is 1. The van der Waals surface area contributed by atoms with E-state index in [0.717, 1.165) is 38.4 Å². The highest BCUT2D eigenvalue weighted by Crippen LogP contribution is 2.11. The lowest BCUT2D eigenvalue weighted by Crippen LogP contribution is -3.12. The number of anilines is 1. The van der Waals surface area contributed by atoms with Gasteiger partial charge in [0.25, 0.3) is 5.91 Å². The molecular weight excluding hydrogens is 393 g/mol. The van der Waals surface area contributed by atoms with Gasteiger partial charge in [-0.05, 0) is 24.3 Å². The SMILES string of the molecule is O=C(COC(=O)c1ccc(C[NH+]2CCOCC2)cc1)NC(=O)Nc1ccccc1F. The van der Waals surface area contributed by atoms with Crippen LogP contribution in [0, 0.1) is 5.82 Å². The zero-order chi connectivity index (χ0) is 21.3. The molecule has 0 saturated carbocycles. The first kappa shape index (κ1) is 21.4. The summed E-state index contributed by atoms with van der Waals surface area (Å²) in [4.78, 5) is 37.0. The van der Waals surface area contributed by atoms with Crippen molar-refractivity contribution in [1.82, 2.24) is 5.32 Å². The maximum absolute atomic E-state index is 13.5. The fraction of sp³-hybridized carbons (Fsp3) is 0.286. The lowest BCUT2D eigenvalue weighted by molar-refractivity contribution is -0.921. The van der Waals surface area contributed by atoms with Crippen molar-refractivity contribution < 1.29 is 33.1 Å². The van der Waals surface area contributed by atoms with Crippen LogP contribution in [0.4, 0.5) is 14.9 Å².